The SMILES string of the molecule is CN=C(NCc1sc(C)nc1C)N(C)Cc1ncc(-c2ccccc2)[nH]1. The maximum absolute atomic E-state index is 4.50. The van der Waals surface area contributed by atoms with Gasteiger partial charge in [0.2, 0.25) is 0 Å². The van der Waals surface area contributed by atoms with Gasteiger partial charge in [-0.15, -0.1) is 11.3 Å². The summed E-state index contributed by atoms with van der Waals surface area (Å²) in [5, 5.41) is 4.49. The van der Waals surface area contributed by atoms with Crippen LogP contribution in [-0.4, -0.2) is 39.9 Å². The summed E-state index contributed by atoms with van der Waals surface area (Å²) in [4.78, 5) is 20.0. The largest absolute Gasteiger partial charge is 0.351 e. The summed E-state index contributed by atoms with van der Waals surface area (Å²) in [5.74, 6) is 1.73. The van der Waals surface area contributed by atoms with Crippen molar-refractivity contribution in [3.05, 3.63) is 57.9 Å². The molecule has 0 amide bonds. The molecule has 1 aromatic carbocycles. The van der Waals surface area contributed by atoms with E-state index in [2.05, 4.69) is 42.3 Å². The monoisotopic (exact) mass is 368 g/mol. The van der Waals surface area contributed by atoms with Crippen molar-refractivity contribution in [2.45, 2.75) is 26.9 Å². The maximum atomic E-state index is 4.50. The number of hydrogen-bond donors (Lipinski definition) is 2. The molecule has 2 heterocycles. The third kappa shape index (κ3) is 4.29. The first-order chi connectivity index (χ1) is 12.6. The standard InChI is InChI=1S/C19H24N6S/c1-13-17(26-14(2)23-13)11-22-19(20-3)25(4)12-18-21-10-16(24-18)15-8-6-5-7-9-15/h5-10H,11-12H2,1-4H3,(H,20,22)(H,21,24). The number of aryl methyl sites for hydroxylation is 2. The molecule has 3 rings (SSSR count). The van der Waals surface area contributed by atoms with Crippen LogP contribution in [0.4, 0.5) is 0 Å². The Kier molecular flexibility index (Phi) is 5.68. The zero-order chi connectivity index (χ0) is 18.5. The van der Waals surface area contributed by atoms with Crippen molar-refractivity contribution < 1.29 is 0 Å². The van der Waals surface area contributed by atoms with Crippen LogP contribution in [0.3, 0.4) is 0 Å². The van der Waals surface area contributed by atoms with E-state index in [4.69, 9.17) is 0 Å². The van der Waals surface area contributed by atoms with Gasteiger partial charge in [0, 0.05) is 19.0 Å². The number of nitrogens with one attached hydrogen (secondary N) is 2. The molecule has 0 atom stereocenters. The zero-order valence-electron chi connectivity index (χ0n) is 15.6. The van der Waals surface area contributed by atoms with Crippen LogP contribution >= 0.6 is 11.3 Å². The lowest BCUT2D eigenvalue weighted by Crippen LogP contribution is -2.38. The molecular formula is C19H24N6S. The quantitative estimate of drug-likeness (QED) is 0.535. The van der Waals surface area contributed by atoms with Crippen molar-refractivity contribution in [2.24, 2.45) is 4.99 Å². The molecule has 2 N–H and O–H groups in total. The first-order valence-electron chi connectivity index (χ1n) is 8.51. The zero-order valence-corrected chi connectivity index (χ0v) is 16.4. The normalized spacial score (nSPS) is 11.6. The molecule has 0 aliphatic carbocycles. The van der Waals surface area contributed by atoms with Crippen LogP contribution in [0.1, 0.15) is 21.4 Å². The minimum absolute atomic E-state index is 0.646. The van der Waals surface area contributed by atoms with Crippen LogP contribution in [0.15, 0.2) is 41.5 Å². The third-order valence-corrected chi connectivity index (χ3v) is 5.15. The van der Waals surface area contributed by atoms with Crippen molar-refractivity contribution in [3.63, 3.8) is 0 Å². The Hall–Kier alpha value is -2.67. The number of aromatic nitrogens is 3. The minimum Gasteiger partial charge on any atom is -0.351 e. The molecule has 0 aliphatic rings. The van der Waals surface area contributed by atoms with Gasteiger partial charge in [0.1, 0.15) is 5.82 Å². The Labute approximate surface area is 158 Å². The van der Waals surface area contributed by atoms with Gasteiger partial charge in [-0.2, -0.15) is 0 Å². The molecule has 3 aromatic rings. The lowest BCUT2D eigenvalue weighted by atomic mass is 10.2. The van der Waals surface area contributed by atoms with Gasteiger partial charge in [0.05, 0.1) is 35.7 Å². The molecule has 7 heteroatoms. The number of hydrogen-bond acceptors (Lipinski definition) is 4. The summed E-state index contributed by atoms with van der Waals surface area (Å²) in [6.45, 7) is 5.44. The van der Waals surface area contributed by atoms with Crippen LogP contribution in [0.25, 0.3) is 11.3 Å². The van der Waals surface area contributed by atoms with E-state index in [0.717, 1.165) is 40.3 Å². The van der Waals surface area contributed by atoms with Crippen LogP contribution in [0, 0.1) is 13.8 Å². The molecule has 26 heavy (non-hydrogen) atoms. The molecule has 2 aromatic heterocycles. The van der Waals surface area contributed by atoms with E-state index >= 15 is 0 Å². The summed E-state index contributed by atoms with van der Waals surface area (Å²) in [5.41, 5.74) is 3.23. The number of guanidine groups is 1. The van der Waals surface area contributed by atoms with Crippen LogP contribution in [-0.2, 0) is 13.1 Å². The van der Waals surface area contributed by atoms with Crippen LogP contribution in [0.2, 0.25) is 0 Å². The molecule has 6 nitrogen and oxygen atoms in total. The van der Waals surface area contributed by atoms with E-state index in [1.165, 1.54) is 4.88 Å². The van der Waals surface area contributed by atoms with Crippen LogP contribution in [0.5, 0.6) is 0 Å². The number of aromatic amines is 1. The smallest absolute Gasteiger partial charge is 0.194 e. The van der Waals surface area contributed by atoms with Gasteiger partial charge in [0.25, 0.3) is 0 Å². The third-order valence-electron chi connectivity index (χ3n) is 4.08. The average Bonchev–Trinajstić information content (AvgIpc) is 3.22. The fourth-order valence-corrected chi connectivity index (χ4v) is 3.67. The summed E-state index contributed by atoms with van der Waals surface area (Å²) < 4.78 is 0. The molecule has 0 saturated carbocycles. The van der Waals surface area contributed by atoms with E-state index in [1.807, 2.05) is 45.3 Å². The number of imidazole rings is 1. The first-order valence-corrected chi connectivity index (χ1v) is 9.32. The van der Waals surface area contributed by atoms with Crippen molar-refractivity contribution in [1.82, 2.24) is 25.2 Å². The molecular weight excluding hydrogens is 344 g/mol. The summed E-state index contributed by atoms with van der Waals surface area (Å²) in [6.07, 6.45) is 1.87. The average molecular weight is 369 g/mol. The van der Waals surface area contributed by atoms with Gasteiger partial charge < -0.3 is 15.2 Å². The number of benzene rings is 1. The van der Waals surface area contributed by atoms with Gasteiger partial charge in [-0.3, -0.25) is 4.99 Å². The summed E-state index contributed by atoms with van der Waals surface area (Å²) >= 11 is 1.72. The van der Waals surface area contributed by atoms with Gasteiger partial charge in [-0.1, -0.05) is 30.3 Å². The first kappa shape index (κ1) is 18.1. The highest BCUT2D eigenvalue weighted by Gasteiger charge is 2.11. The second kappa shape index (κ2) is 8.14. The number of H-pyrrole nitrogens is 1. The fourth-order valence-electron chi connectivity index (χ4n) is 2.79. The van der Waals surface area contributed by atoms with E-state index in [1.54, 1.807) is 18.4 Å². The molecule has 0 unspecified atom stereocenters. The molecule has 0 saturated heterocycles. The lowest BCUT2D eigenvalue weighted by Gasteiger charge is -2.20. The fraction of sp³-hybridized carbons (Fsp3) is 0.316. The van der Waals surface area contributed by atoms with Crippen LogP contribution < -0.4 is 5.32 Å². The Bertz CT molecular complexity index is 881. The maximum Gasteiger partial charge on any atom is 0.194 e. The molecule has 0 fully saturated rings. The predicted octanol–water partition coefficient (Wildman–Crippen LogP) is 3.36. The van der Waals surface area contributed by atoms with Crippen molar-refractivity contribution in [1.29, 1.82) is 0 Å². The van der Waals surface area contributed by atoms with Gasteiger partial charge in [-0.25, -0.2) is 9.97 Å². The van der Waals surface area contributed by atoms with E-state index in [9.17, 15) is 0 Å². The number of thiazole rings is 1. The number of rotatable bonds is 5. The van der Waals surface area contributed by atoms with E-state index in [-0.39, 0.29) is 0 Å². The second-order valence-electron chi connectivity index (χ2n) is 6.11. The van der Waals surface area contributed by atoms with Gasteiger partial charge >= 0.3 is 0 Å². The number of nitrogens with zero attached hydrogens (tertiary/aromatic N) is 4. The van der Waals surface area contributed by atoms with E-state index in [0.29, 0.717) is 6.54 Å². The Morgan fingerprint density at radius 3 is 2.69 bits per heavy atom. The molecule has 136 valence electrons. The van der Waals surface area contributed by atoms with Crippen molar-refractivity contribution >= 4 is 17.3 Å². The molecule has 0 aliphatic heterocycles. The molecule has 0 spiro atoms. The Morgan fingerprint density at radius 2 is 2.04 bits per heavy atom. The summed E-state index contributed by atoms with van der Waals surface area (Å²) in [7, 11) is 3.80. The predicted molar refractivity (Wildman–Crippen MR) is 107 cm³/mol. The lowest BCUT2D eigenvalue weighted by molar-refractivity contribution is 0.464. The topological polar surface area (TPSA) is 69.2 Å². The van der Waals surface area contributed by atoms with Gasteiger partial charge in [-0.05, 0) is 19.4 Å². The molecule has 0 radical (unpaired) electrons. The van der Waals surface area contributed by atoms with E-state index < -0.39 is 0 Å². The summed E-state index contributed by atoms with van der Waals surface area (Å²) in [6, 6.07) is 10.2. The second-order valence-corrected chi connectivity index (χ2v) is 7.40. The number of aliphatic imine (C=N–C) groups is 1. The van der Waals surface area contributed by atoms with Crippen molar-refractivity contribution in [3.8, 4) is 11.3 Å². The van der Waals surface area contributed by atoms with Gasteiger partial charge in [0.15, 0.2) is 5.96 Å². The minimum atomic E-state index is 0.646. The Balaban J connectivity index is 1.62. The highest BCUT2D eigenvalue weighted by Crippen LogP contribution is 2.18. The Morgan fingerprint density at radius 1 is 1.27 bits per heavy atom. The highest BCUT2D eigenvalue weighted by molar-refractivity contribution is 7.11. The molecule has 0 bridgehead atoms. The van der Waals surface area contributed by atoms with Crippen molar-refractivity contribution in [2.75, 3.05) is 14.1 Å². The highest BCUT2D eigenvalue weighted by atomic mass is 32.1.